The van der Waals surface area contributed by atoms with Crippen LogP contribution in [0.15, 0.2) is 10.6 Å². The average Bonchev–Trinajstić information content (AvgIpc) is 2.99. The van der Waals surface area contributed by atoms with Crippen molar-refractivity contribution in [3.05, 3.63) is 28.8 Å². The predicted octanol–water partition coefficient (Wildman–Crippen LogP) is 3.08. The number of hydrogen-bond donors (Lipinski definition) is 2. The summed E-state index contributed by atoms with van der Waals surface area (Å²) in [4.78, 5) is 12.1. The maximum Gasteiger partial charge on any atom is 0.320 e. The van der Waals surface area contributed by atoms with Gasteiger partial charge in [-0.25, -0.2) is 4.79 Å². The lowest BCUT2D eigenvalue weighted by Crippen LogP contribution is -2.37. The predicted molar refractivity (Wildman–Crippen MR) is 93.2 cm³/mol. The van der Waals surface area contributed by atoms with Crippen molar-refractivity contribution in [2.24, 2.45) is 7.05 Å². The van der Waals surface area contributed by atoms with Crippen LogP contribution in [0.2, 0.25) is 0 Å². The Labute approximate surface area is 142 Å². The summed E-state index contributed by atoms with van der Waals surface area (Å²) in [6.07, 6.45) is 0.727. The van der Waals surface area contributed by atoms with Crippen molar-refractivity contribution in [3.8, 4) is 0 Å². The second-order valence-electron chi connectivity index (χ2n) is 7.30. The first-order chi connectivity index (χ1) is 11.1. The molecule has 0 aliphatic carbocycles. The molecule has 0 aliphatic rings. The molecule has 0 saturated heterocycles. The van der Waals surface area contributed by atoms with Crippen LogP contribution in [0.3, 0.4) is 0 Å². The molecule has 1 atom stereocenters. The Balaban J connectivity index is 1.93. The molecule has 2 aromatic heterocycles. The normalized spacial score (nSPS) is 13.0. The van der Waals surface area contributed by atoms with E-state index in [9.17, 15) is 4.79 Å². The van der Waals surface area contributed by atoms with Crippen LogP contribution in [0.4, 0.5) is 10.6 Å². The molecule has 24 heavy (non-hydrogen) atoms. The number of aryl methyl sites for hydroxylation is 2. The highest BCUT2D eigenvalue weighted by Gasteiger charge is 2.21. The number of rotatable bonds is 4. The van der Waals surface area contributed by atoms with E-state index in [0.717, 1.165) is 23.6 Å². The largest absolute Gasteiger partial charge is 0.359 e. The van der Waals surface area contributed by atoms with E-state index in [0.29, 0.717) is 5.82 Å². The standard InChI is InChI=1S/C17H27N5O2/c1-10(8-13-11(2)20-22(7)12(13)3)18-16(23)19-15-9-14(24-21-15)17(4,5)6/h9-10H,8H2,1-7H3,(H2,18,19,21,23). The Morgan fingerprint density at radius 2 is 2.04 bits per heavy atom. The highest BCUT2D eigenvalue weighted by Crippen LogP contribution is 2.24. The molecule has 0 saturated carbocycles. The van der Waals surface area contributed by atoms with Crippen LogP contribution in [0, 0.1) is 13.8 Å². The van der Waals surface area contributed by atoms with Crippen LogP contribution in [0.1, 0.15) is 50.4 Å². The summed E-state index contributed by atoms with van der Waals surface area (Å²) < 4.78 is 7.12. The Hall–Kier alpha value is -2.31. The van der Waals surface area contributed by atoms with Gasteiger partial charge in [0.2, 0.25) is 0 Å². The molecule has 2 rings (SSSR count). The van der Waals surface area contributed by atoms with Gasteiger partial charge in [0.15, 0.2) is 5.82 Å². The van der Waals surface area contributed by atoms with Crippen LogP contribution in [-0.2, 0) is 18.9 Å². The third-order valence-corrected chi connectivity index (χ3v) is 4.04. The number of hydrogen-bond acceptors (Lipinski definition) is 4. The summed E-state index contributed by atoms with van der Waals surface area (Å²) in [6, 6.07) is 1.43. The van der Waals surface area contributed by atoms with Crippen molar-refractivity contribution in [2.75, 3.05) is 5.32 Å². The Kier molecular flexibility index (Phi) is 5.01. The first kappa shape index (κ1) is 18.0. The average molecular weight is 333 g/mol. The number of aromatic nitrogens is 3. The quantitative estimate of drug-likeness (QED) is 0.900. The van der Waals surface area contributed by atoms with Gasteiger partial charge >= 0.3 is 6.03 Å². The number of nitrogens with zero attached hydrogens (tertiary/aromatic N) is 3. The lowest BCUT2D eigenvalue weighted by Gasteiger charge is -2.14. The summed E-state index contributed by atoms with van der Waals surface area (Å²) >= 11 is 0. The van der Waals surface area contributed by atoms with Crippen LogP contribution >= 0.6 is 0 Å². The summed E-state index contributed by atoms with van der Waals surface area (Å²) in [5.41, 5.74) is 3.14. The fourth-order valence-corrected chi connectivity index (χ4v) is 2.53. The molecule has 2 amide bonds. The fraction of sp³-hybridized carbons (Fsp3) is 0.588. The van der Waals surface area contributed by atoms with Gasteiger partial charge in [-0.1, -0.05) is 25.9 Å². The zero-order valence-corrected chi connectivity index (χ0v) is 15.5. The molecule has 0 spiro atoms. The van der Waals surface area contributed by atoms with Crippen molar-refractivity contribution in [1.82, 2.24) is 20.3 Å². The SMILES string of the molecule is Cc1nn(C)c(C)c1CC(C)NC(=O)Nc1cc(C(C)(C)C)on1. The van der Waals surface area contributed by atoms with Gasteiger partial charge in [0.05, 0.1) is 5.69 Å². The van der Waals surface area contributed by atoms with Crippen molar-refractivity contribution < 1.29 is 9.32 Å². The van der Waals surface area contributed by atoms with Gasteiger partial charge in [-0.15, -0.1) is 0 Å². The third kappa shape index (κ3) is 4.15. The van der Waals surface area contributed by atoms with E-state index in [-0.39, 0.29) is 17.5 Å². The number of carbonyl (C=O) groups is 1. The lowest BCUT2D eigenvalue weighted by atomic mass is 9.93. The van der Waals surface area contributed by atoms with Gasteiger partial charge < -0.3 is 9.84 Å². The summed E-state index contributed by atoms with van der Waals surface area (Å²) in [5, 5.41) is 13.9. The van der Waals surface area contributed by atoms with E-state index in [1.54, 1.807) is 6.07 Å². The monoisotopic (exact) mass is 333 g/mol. The highest BCUT2D eigenvalue weighted by molar-refractivity contribution is 5.88. The molecule has 0 aromatic carbocycles. The molecule has 7 heteroatoms. The van der Waals surface area contributed by atoms with Crippen molar-refractivity contribution in [2.45, 2.75) is 59.4 Å². The number of carbonyl (C=O) groups excluding carboxylic acids is 1. The molecule has 7 nitrogen and oxygen atoms in total. The summed E-state index contributed by atoms with van der Waals surface area (Å²) in [5.74, 6) is 1.14. The zero-order valence-electron chi connectivity index (χ0n) is 15.5. The maximum atomic E-state index is 12.1. The minimum atomic E-state index is -0.296. The molecule has 0 radical (unpaired) electrons. The first-order valence-corrected chi connectivity index (χ1v) is 8.11. The number of urea groups is 1. The molecular formula is C17H27N5O2. The van der Waals surface area contributed by atoms with Gasteiger partial charge in [0, 0.05) is 30.3 Å². The summed E-state index contributed by atoms with van der Waals surface area (Å²) in [6.45, 7) is 12.1. The van der Waals surface area contributed by atoms with Gasteiger partial charge in [0.25, 0.3) is 0 Å². The van der Waals surface area contributed by atoms with Crippen molar-refractivity contribution >= 4 is 11.8 Å². The molecule has 0 bridgehead atoms. The van der Waals surface area contributed by atoms with Crippen molar-refractivity contribution in [3.63, 3.8) is 0 Å². The van der Waals surface area contributed by atoms with Crippen LogP contribution < -0.4 is 10.6 Å². The van der Waals surface area contributed by atoms with E-state index in [4.69, 9.17) is 4.52 Å². The molecule has 2 N–H and O–H groups in total. The zero-order chi connectivity index (χ0) is 18.1. The molecule has 132 valence electrons. The Bertz CT molecular complexity index is 724. The number of anilines is 1. The molecule has 0 aliphatic heterocycles. The van der Waals surface area contributed by atoms with E-state index in [1.807, 2.05) is 53.3 Å². The molecule has 2 heterocycles. The van der Waals surface area contributed by atoms with E-state index in [1.165, 1.54) is 5.56 Å². The summed E-state index contributed by atoms with van der Waals surface area (Å²) in [7, 11) is 1.92. The molecule has 0 fully saturated rings. The number of nitrogens with one attached hydrogen (secondary N) is 2. The first-order valence-electron chi connectivity index (χ1n) is 8.11. The highest BCUT2D eigenvalue weighted by atomic mass is 16.5. The minimum absolute atomic E-state index is 0.0272. The Morgan fingerprint density at radius 1 is 1.38 bits per heavy atom. The topological polar surface area (TPSA) is 85.0 Å². The van der Waals surface area contributed by atoms with Crippen LogP contribution in [-0.4, -0.2) is 27.0 Å². The third-order valence-electron chi connectivity index (χ3n) is 4.04. The van der Waals surface area contributed by atoms with Gasteiger partial charge in [-0.2, -0.15) is 5.10 Å². The second-order valence-corrected chi connectivity index (χ2v) is 7.30. The smallest absolute Gasteiger partial charge is 0.320 e. The Morgan fingerprint density at radius 3 is 2.54 bits per heavy atom. The lowest BCUT2D eigenvalue weighted by molar-refractivity contribution is 0.249. The van der Waals surface area contributed by atoms with Gasteiger partial charge in [-0.05, 0) is 32.8 Å². The molecule has 2 aromatic rings. The maximum absolute atomic E-state index is 12.1. The van der Waals surface area contributed by atoms with Crippen LogP contribution in [0.25, 0.3) is 0 Å². The minimum Gasteiger partial charge on any atom is -0.359 e. The molecule has 1 unspecified atom stereocenters. The van der Waals surface area contributed by atoms with Crippen molar-refractivity contribution in [1.29, 1.82) is 0 Å². The van der Waals surface area contributed by atoms with Gasteiger partial charge in [0.1, 0.15) is 5.76 Å². The van der Waals surface area contributed by atoms with E-state index in [2.05, 4.69) is 20.9 Å². The van der Waals surface area contributed by atoms with E-state index < -0.39 is 0 Å². The number of amides is 2. The molecular weight excluding hydrogens is 306 g/mol. The fourth-order valence-electron chi connectivity index (χ4n) is 2.53. The van der Waals surface area contributed by atoms with E-state index >= 15 is 0 Å². The second kappa shape index (κ2) is 6.67. The van der Waals surface area contributed by atoms with Gasteiger partial charge in [-0.3, -0.25) is 10.00 Å². The van der Waals surface area contributed by atoms with Crippen LogP contribution in [0.5, 0.6) is 0 Å².